The van der Waals surface area contributed by atoms with Gasteiger partial charge < -0.3 is 19.3 Å². The summed E-state index contributed by atoms with van der Waals surface area (Å²) in [4.78, 5) is 4.20. The second-order valence-corrected chi connectivity index (χ2v) is 9.23. The Balaban J connectivity index is 1.60. The van der Waals surface area contributed by atoms with Gasteiger partial charge in [0.2, 0.25) is 5.88 Å². The molecular formula is C25H31N3O4. The average Bonchev–Trinajstić information content (AvgIpc) is 3.15. The molecule has 0 radical (unpaired) electrons. The van der Waals surface area contributed by atoms with Crippen molar-refractivity contribution in [2.24, 2.45) is 5.92 Å². The molecule has 3 atom stereocenters. The molecule has 0 saturated heterocycles. The van der Waals surface area contributed by atoms with Crippen LogP contribution in [0.3, 0.4) is 0 Å². The van der Waals surface area contributed by atoms with Gasteiger partial charge in [0.1, 0.15) is 5.75 Å². The van der Waals surface area contributed by atoms with Gasteiger partial charge in [-0.25, -0.2) is 9.67 Å². The maximum atomic E-state index is 11.1. The van der Waals surface area contributed by atoms with Gasteiger partial charge in [-0.15, -0.1) is 0 Å². The molecule has 1 aliphatic carbocycles. The number of hydrogen-bond donors (Lipinski definition) is 1. The number of pyridine rings is 1. The second-order valence-electron chi connectivity index (χ2n) is 9.23. The minimum absolute atomic E-state index is 0.0119. The zero-order valence-corrected chi connectivity index (χ0v) is 19.0. The maximum Gasteiger partial charge on any atom is 0.215 e. The van der Waals surface area contributed by atoms with Gasteiger partial charge in [0.05, 0.1) is 43.3 Å². The zero-order valence-electron chi connectivity index (χ0n) is 19.0. The quantitative estimate of drug-likeness (QED) is 0.649. The summed E-state index contributed by atoms with van der Waals surface area (Å²) in [6, 6.07) is 8.18. The molecule has 1 aliphatic heterocycles. The van der Waals surface area contributed by atoms with E-state index >= 15 is 0 Å². The fourth-order valence-electron chi connectivity index (χ4n) is 5.93. The minimum Gasteiger partial charge on any atom is -0.493 e. The highest BCUT2D eigenvalue weighted by Gasteiger charge is 2.50. The van der Waals surface area contributed by atoms with Gasteiger partial charge in [0.15, 0.2) is 0 Å². The smallest absolute Gasteiger partial charge is 0.215 e. The van der Waals surface area contributed by atoms with E-state index in [-0.39, 0.29) is 5.41 Å². The molecule has 0 amide bonds. The summed E-state index contributed by atoms with van der Waals surface area (Å²) in [6.45, 7) is 3.29. The van der Waals surface area contributed by atoms with Crippen LogP contribution in [0, 0.1) is 5.92 Å². The van der Waals surface area contributed by atoms with Crippen molar-refractivity contribution in [3.8, 4) is 17.3 Å². The van der Waals surface area contributed by atoms with Crippen molar-refractivity contribution in [1.29, 1.82) is 0 Å². The number of rotatable bonds is 5. The summed E-state index contributed by atoms with van der Waals surface area (Å²) in [5.74, 6) is 1.83. The van der Waals surface area contributed by atoms with Crippen molar-refractivity contribution >= 4 is 10.9 Å². The highest BCUT2D eigenvalue weighted by atomic mass is 16.5. The molecule has 1 N–H and O–H groups in total. The highest BCUT2D eigenvalue weighted by Crippen LogP contribution is 2.54. The fourth-order valence-corrected chi connectivity index (χ4v) is 5.93. The molecular weight excluding hydrogens is 406 g/mol. The molecule has 0 unspecified atom stereocenters. The van der Waals surface area contributed by atoms with E-state index in [1.54, 1.807) is 20.4 Å². The van der Waals surface area contributed by atoms with E-state index in [1.807, 2.05) is 23.0 Å². The first-order valence-corrected chi connectivity index (χ1v) is 11.4. The molecule has 32 heavy (non-hydrogen) atoms. The van der Waals surface area contributed by atoms with Crippen LogP contribution in [0.25, 0.3) is 16.6 Å². The predicted molar refractivity (Wildman–Crippen MR) is 122 cm³/mol. The summed E-state index contributed by atoms with van der Waals surface area (Å²) < 4.78 is 18.9. The van der Waals surface area contributed by atoms with Crippen LogP contribution in [0.4, 0.5) is 0 Å². The van der Waals surface area contributed by atoms with Crippen LogP contribution >= 0.6 is 0 Å². The lowest BCUT2D eigenvalue weighted by Gasteiger charge is -2.49. The number of nitrogens with zero attached hydrogens (tertiary/aromatic N) is 3. The number of benzene rings is 1. The Hall–Kier alpha value is -2.64. The number of aliphatic hydroxyl groups is 1. The first-order valence-electron chi connectivity index (χ1n) is 11.4. The molecule has 7 nitrogen and oxygen atoms in total. The van der Waals surface area contributed by atoms with Crippen LogP contribution in [-0.2, 0) is 10.2 Å². The summed E-state index contributed by atoms with van der Waals surface area (Å²) in [6.07, 6.45) is 7.98. The molecule has 0 bridgehead atoms. The fraction of sp³-hybridized carbons (Fsp3) is 0.520. The lowest BCUT2D eigenvalue weighted by molar-refractivity contribution is -0.0903. The second kappa shape index (κ2) is 8.05. The topological polar surface area (TPSA) is 78.6 Å². The van der Waals surface area contributed by atoms with E-state index in [0.29, 0.717) is 25.0 Å². The lowest BCUT2D eigenvalue weighted by Crippen LogP contribution is -2.49. The Labute approximate surface area is 188 Å². The van der Waals surface area contributed by atoms with E-state index in [4.69, 9.17) is 14.2 Å². The van der Waals surface area contributed by atoms with Crippen LogP contribution in [0.15, 0.2) is 36.7 Å². The predicted octanol–water partition coefficient (Wildman–Crippen LogP) is 4.04. The first kappa shape index (κ1) is 21.2. The number of fused-ring (bicyclic) bond motifs is 4. The van der Waals surface area contributed by atoms with Crippen LogP contribution in [-0.4, -0.2) is 52.9 Å². The number of aromatic nitrogens is 3. The van der Waals surface area contributed by atoms with Gasteiger partial charge in [0.25, 0.3) is 0 Å². The van der Waals surface area contributed by atoms with Crippen molar-refractivity contribution in [3.63, 3.8) is 0 Å². The Kier molecular flexibility index (Phi) is 5.34. The standard InChI is InChI=1S/C25H31N3O4/c1-4-25-8-7-24(29,16-30-2)14-18(25)6-10-32-22-13-21-17(11-20(22)25)15-27-28(21)19-5-9-26-23(12-19)31-3/h5,9,11-13,15,18,29H,4,6-8,10,14,16H2,1-3H3/t18-,24+,25+/m1/s1. The zero-order chi connectivity index (χ0) is 22.3. The molecule has 1 aromatic carbocycles. The molecule has 2 aliphatic rings. The normalized spacial score (nSPS) is 27.3. The van der Waals surface area contributed by atoms with Gasteiger partial charge in [-0.3, -0.25) is 0 Å². The Morgan fingerprint density at radius 3 is 2.91 bits per heavy atom. The third-order valence-electron chi connectivity index (χ3n) is 7.59. The molecule has 0 spiro atoms. The lowest BCUT2D eigenvalue weighted by atomic mass is 9.57. The average molecular weight is 438 g/mol. The molecule has 7 heteroatoms. The number of ether oxygens (including phenoxy) is 3. The monoisotopic (exact) mass is 437 g/mol. The van der Waals surface area contributed by atoms with E-state index in [2.05, 4.69) is 29.1 Å². The van der Waals surface area contributed by atoms with Crippen molar-refractivity contribution in [2.45, 2.75) is 50.0 Å². The molecule has 2 aromatic heterocycles. The summed E-state index contributed by atoms with van der Waals surface area (Å²) in [7, 11) is 3.28. The van der Waals surface area contributed by atoms with E-state index < -0.39 is 5.60 Å². The van der Waals surface area contributed by atoms with Crippen LogP contribution < -0.4 is 9.47 Å². The minimum atomic E-state index is -0.752. The third kappa shape index (κ3) is 3.35. The molecule has 1 fully saturated rings. The molecule has 1 saturated carbocycles. The van der Waals surface area contributed by atoms with Crippen molar-refractivity contribution in [3.05, 3.63) is 42.2 Å². The van der Waals surface area contributed by atoms with Crippen LogP contribution in [0.2, 0.25) is 0 Å². The summed E-state index contributed by atoms with van der Waals surface area (Å²) in [5, 5.41) is 16.8. The van der Waals surface area contributed by atoms with Crippen LogP contribution in [0.1, 0.15) is 44.6 Å². The number of hydrogen-bond acceptors (Lipinski definition) is 6. The van der Waals surface area contributed by atoms with Gasteiger partial charge in [-0.1, -0.05) is 6.92 Å². The highest BCUT2D eigenvalue weighted by molar-refractivity contribution is 5.83. The van der Waals surface area contributed by atoms with Gasteiger partial charge in [-0.2, -0.15) is 5.10 Å². The first-order chi connectivity index (χ1) is 15.5. The summed E-state index contributed by atoms with van der Waals surface area (Å²) in [5.41, 5.74) is 2.38. The molecule has 3 heterocycles. The van der Waals surface area contributed by atoms with Crippen molar-refractivity contribution in [2.75, 3.05) is 27.4 Å². The van der Waals surface area contributed by atoms with Crippen molar-refractivity contribution < 1.29 is 19.3 Å². The molecule has 5 rings (SSSR count). The van der Waals surface area contributed by atoms with Gasteiger partial charge in [-0.05, 0) is 50.2 Å². The van der Waals surface area contributed by atoms with Gasteiger partial charge in [0, 0.05) is 41.8 Å². The SMILES string of the molecule is CC[C@]12CC[C@@](O)(COC)C[C@H]1CCOc1cc3c(cnn3-c3ccnc(OC)c3)cc12. The Morgan fingerprint density at radius 2 is 2.12 bits per heavy atom. The third-order valence-corrected chi connectivity index (χ3v) is 7.59. The number of methoxy groups -OCH3 is 2. The van der Waals surface area contributed by atoms with E-state index in [1.165, 1.54) is 5.56 Å². The van der Waals surface area contributed by atoms with Gasteiger partial charge >= 0.3 is 0 Å². The molecule has 170 valence electrons. The summed E-state index contributed by atoms with van der Waals surface area (Å²) >= 11 is 0. The van der Waals surface area contributed by atoms with Crippen molar-refractivity contribution in [1.82, 2.24) is 14.8 Å². The molecule has 3 aromatic rings. The Bertz CT molecular complexity index is 1130. The Morgan fingerprint density at radius 1 is 1.25 bits per heavy atom. The maximum absolute atomic E-state index is 11.1. The van der Waals surface area contributed by atoms with E-state index in [0.717, 1.165) is 54.4 Å². The van der Waals surface area contributed by atoms with E-state index in [9.17, 15) is 5.11 Å². The largest absolute Gasteiger partial charge is 0.493 e. The van der Waals surface area contributed by atoms with Crippen LogP contribution in [0.5, 0.6) is 11.6 Å².